The Bertz CT molecular complexity index is 339. The van der Waals surface area contributed by atoms with Gasteiger partial charge in [-0.1, -0.05) is 6.42 Å². The van der Waals surface area contributed by atoms with Crippen LogP contribution in [0.1, 0.15) is 39.0 Å². The Kier molecular flexibility index (Phi) is 3.90. The molecule has 5 heteroatoms. The fourth-order valence-electron chi connectivity index (χ4n) is 2.89. The van der Waals surface area contributed by atoms with Gasteiger partial charge in [-0.05, 0) is 39.2 Å². The van der Waals surface area contributed by atoms with Crippen LogP contribution in [-0.2, 0) is 9.59 Å². The van der Waals surface area contributed by atoms with Crippen LogP contribution in [0.2, 0.25) is 0 Å². The van der Waals surface area contributed by atoms with Gasteiger partial charge < -0.3 is 15.3 Å². The Hall–Kier alpha value is -1.10. The van der Waals surface area contributed by atoms with Crippen LogP contribution in [0.3, 0.4) is 0 Å². The number of carboxylic acid groups (broad SMARTS) is 1. The van der Waals surface area contributed by atoms with Crippen molar-refractivity contribution < 1.29 is 14.7 Å². The van der Waals surface area contributed by atoms with Gasteiger partial charge in [0, 0.05) is 13.1 Å². The predicted molar refractivity (Wildman–Crippen MR) is 67.2 cm³/mol. The van der Waals surface area contributed by atoms with Crippen molar-refractivity contribution in [3.05, 3.63) is 0 Å². The van der Waals surface area contributed by atoms with Crippen LogP contribution in [-0.4, -0.2) is 47.6 Å². The van der Waals surface area contributed by atoms with Gasteiger partial charge in [0.2, 0.25) is 5.91 Å². The van der Waals surface area contributed by atoms with E-state index in [0.717, 1.165) is 32.2 Å². The summed E-state index contributed by atoms with van der Waals surface area (Å²) in [5.41, 5.74) is -0.775. The molecular weight excluding hydrogens is 232 g/mol. The molecule has 0 spiro atoms. The highest BCUT2D eigenvalue weighted by molar-refractivity contribution is 5.83. The van der Waals surface area contributed by atoms with Gasteiger partial charge in [-0.3, -0.25) is 9.59 Å². The van der Waals surface area contributed by atoms with Crippen LogP contribution in [0.5, 0.6) is 0 Å². The van der Waals surface area contributed by atoms with Crippen LogP contribution in [0, 0.1) is 5.41 Å². The summed E-state index contributed by atoms with van der Waals surface area (Å²) in [4.78, 5) is 25.3. The number of piperidine rings is 2. The molecule has 0 bridgehead atoms. The molecule has 0 radical (unpaired) electrons. The number of carbonyl (C=O) groups excluding carboxylic acids is 1. The minimum atomic E-state index is -0.795. The van der Waals surface area contributed by atoms with Gasteiger partial charge in [0.25, 0.3) is 0 Å². The quantitative estimate of drug-likeness (QED) is 0.766. The SMILES string of the molecule is CC1(C(=O)O)CCCN(C(=O)[C@@H]2CCCCN2)C1. The second-order valence-corrected chi connectivity index (χ2v) is 5.73. The molecule has 2 fully saturated rings. The van der Waals surface area contributed by atoms with Crippen molar-refractivity contribution in [1.82, 2.24) is 10.2 Å². The Morgan fingerprint density at radius 3 is 2.72 bits per heavy atom. The van der Waals surface area contributed by atoms with Gasteiger partial charge in [-0.25, -0.2) is 0 Å². The highest BCUT2D eigenvalue weighted by Gasteiger charge is 2.40. The van der Waals surface area contributed by atoms with E-state index in [2.05, 4.69) is 5.32 Å². The average Bonchev–Trinajstić information content (AvgIpc) is 2.39. The van der Waals surface area contributed by atoms with E-state index in [9.17, 15) is 14.7 Å². The molecule has 2 saturated heterocycles. The molecular formula is C13H22N2O3. The highest BCUT2D eigenvalue weighted by atomic mass is 16.4. The molecule has 0 aromatic rings. The smallest absolute Gasteiger partial charge is 0.311 e. The summed E-state index contributed by atoms with van der Waals surface area (Å²) in [6.45, 7) is 3.67. The molecule has 0 aliphatic carbocycles. The third-order valence-corrected chi connectivity index (χ3v) is 4.13. The molecule has 1 unspecified atom stereocenters. The fourth-order valence-corrected chi connectivity index (χ4v) is 2.89. The number of carbonyl (C=O) groups is 2. The van der Waals surface area contributed by atoms with Crippen LogP contribution in [0.4, 0.5) is 0 Å². The van der Waals surface area contributed by atoms with E-state index in [1.807, 2.05) is 0 Å². The average molecular weight is 254 g/mol. The van der Waals surface area contributed by atoms with Crippen molar-refractivity contribution in [1.29, 1.82) is 0 Å². The molecule has 2 atom stereocenters. The summed E-state index contributed by atoms with van der Waals surface area (Å²) in [6.07, 6.45) is 4.51. The molecule has 2 heterocycles. The lowest BCUT2D eigenvalue weighted by Crippen LogP contribution is -2.54. The van der Waals surface area contributed by atoms with Crippen molar-refractivity contribution in [2.24, 2.45) is 5.41 Å². The van der Waals surface area contributed by atoms with E-state index in [4.69, 9.17) is 0 Å². The second kappa shape index (κ2) is 5.26. The normalized spacial score (nSPS) is 33.2. The topological polar surface area (TPSA) is 69.6 Å². The van der Waals surface area contributed by atoms with Gasteiger partial charge in [0.1, 0.15) is 0 Å². The number of hydrogen-bond donors (Lipinski definition) is 2. The first-order valence-electron chi connectivity index (χ1n) is 6.78. The van der Waals surface area contributed by atoms with Crippen LogP contribution in [0.25, 0.3) is 0 Å². The molecule has 1 amide bonds. The number of nitrogens with zero attached hydrogens (tertiary/aromatic N) is 1. The summed E-state index contributed by atoms with van der Waals surface area (Å²) < 4.78 is 0. The van der Waals surface area contributed by atoms with E-state index >= 15 is 0 Å². The number of amides is 1. The number of carboxylic acids is 1. The lowest BCUT2D eigenvalue weighted by Gasteiger charge is -2.39. The lowest BCUT2D eigenvalue weighted by molar-refractivity contribution is -0.154. The first-order valence-corrected chi connectivity index (χ1v) is 6.78. The van der Waals surface area contributed by atoms with Gasteiger partial charge in [-0.2, -0.15) is 0 Å². The summed E-state index contributed by atoms with van der Waals surface area (Å²) in [7, 11) is 0. The predicted octanol–water partition coefficient (Wildman–Crippen LogP) is 0.842. The Morgan fingerprint density at radius 2 is 2.11 bits per heavy atom. The molecule has 0 aromatic heterocycles. The van der Waals surface area contributed by atoms with E-state index in [-0.39, 0.29) is 11.9 Å². The number of nitrogens with one attached hydrogen (secondary N) is 1. The van der Waals surface area contributed by atoms with E-state index in [0.29, 0.717) is 19.5 Å². The fraction of sp³-hybridized carbons (Fsp3) is 0.846. The maximum absolute atomic E-state index is 12.3. The Labute approximate surface area is 108 Å². The third kappa shape index (κ3) is 2.66. The number of aliphatic carboxylic acids is 1. The Balaban J connectivity index is 1.99. The molecule has 0 saturated carbocycles. The standard InChI is InChI=1S/C13H22N2O3/c1-13(12(17)18)6-4-8-15(9-13)11(16)10-5-2-3-7-14-10/h10,14H,2-9H2,1H3,(H,17,18)/t10-,13?/m0/s1. The number of rotatable bonds is 2. The maximum Gasteiger partial charge on any atom is 0.311 e. The first kappa shape index (κ1) is 13.3. The molecule has 2 aliphatic rings. The zero-order valence-electron chi connectivity index (χ0n) is 10.9. The van der Waals surface area contributed by atoms with Gasteiger partial charge in [-0.15, -0.1) is 0 Å². The zero-order valence-corrected chi connectivity index (χ0v) is 10.9. The minimum Gasteiger partial charge on any atom is -0.481 e. The van der Waals surface area contributed by atoms with Crippen molar-refractivity contribution in [2.75, 3.05) is 19.6 Å². The van der Waals surface area contributed by atoms with Crippen molar-refractivity contribution in [3.8, 4) is 0 Å². The van der Waals surface area contributed by atoms with Crippen molar-refractivity contribution in [3.63, 3.8) is 0 Å². The zero-order chi connectivity index (χ0) is 13.2. The van der Waals surface area contributed by atoms with Crippen LogP contribution >= 0.6 is 0 Å². The number of likely N-dealkylation sites (tertiary alicyclic amines) is 1. The minimum absolute atomic E-state index is 0.0851. The van der Waals surface area contributed by atoms with E-state index in [1.165, 1.54) is 0 Å². The van der Waals surface area contributed by atoms with Crippen LogP contribution < -0.4 is 5.32 Å². The Morgan fingerprint density at radius 1 is 1.33 bits per heavy atom. The van der Waals surface area contributed by atoms with Gasteiger partial charge in [0.05, 0.1) is 11.5 Å². The summed E-state index contributed by atoms with van der Waals surface area (Å²) in [6, 6.07) is -0.102. The molecule has 2 aliphatic heterocycles. The summed E-state index contributed by atoms with van der Waals surface area (Å²) in [5.74, 6) is -0.710. The molecule has 2 N–H and O–H groups in total. The highest BCUT2D eigenvalue weighted by Crippen LogP contribution is 2.30. The van der Waals surface area contributed by atoms with E-state index < -0.39 is 11.4 Å². The molecule has 102 valence electrons. The van der Waals surface area contributed by atoms with Crippen molar-refractivity contribution >= 4 is 11.9 Å². The molecule has 0 aromatic carbocycles. The van der Waals surface area contributed by atoms with Gasteiger partial charge >= 0.3 is 5.97 Å². The van der Waals surface area contributed by atoms with E-state index in [1.54, 1.807) is 11.8 Å². The lowest BCUT2D eigenvalue weighted by atomic mass is 9.81. The first-order chi connectivity index (χ1) is 8.53. The number of hydrogen-bond acceptors (Lipinski definition) is 3. The summed E-state index contributed by atoms with van der Waals surface area (Å²) in [5, 5.41) is 12.5. The largest absolute Gasteiger partial charge is 0.481 e. The van der Waals surface area contributed by atoms with Crippen LogP contribution in [0.15, 0.2) is 0 Å². The summed E-state index contributed by atoms with van der Waals surface area (Å²) >= 11 is 0. The molecule has 18 heavy (non-hydrogen) atoms. The molecule has 5 nitrogen and oxygen atoms in total. The van der Waals surface area contributed by atoms with Crippen molar-refractivity contribution in [2.45, 2.75) is 45.1 Å². The second-order valence-electron chi connectivity index (χ2n) is 5.73. The molecule has 2 rings (SSSR count). The monoisotopic (exact) mass is 254 g/mol. The third-order valence-electron chi connectivity index (χ3n) is 4.13. The maximum atomic E-state index is 12.3. The van der Waals surface area contributed by atoms with Gasteiger partial charge in [0.15, 0.2) is 0 Å².